The molecule has 2 aliphatic rings. The van der Waals surface area contributed by atoms with E-state index in [0.717, 1.165) is 18.4 Å². The molecular weight excluding hydrogens is 325 g/mol. The van der Waals surface area contributed by atoms with Gasteiger partial charge < -0.3 is 19.9 Å². The molecule has 0 unspecified atom stereocenters. The normalized spacial score (nSPS) is 21.1. The monoisotopic (exact) mass is 349 g/mol. The molecule has 0 spiro atoms. The number of hydrogen-bond donors (Lipinski definition) is 1. The van der Waals surface area contributed by atoms with E-state index in [4.69, 9.17) is 4.74 Å². The van der Waals surface area contributed by atoms with Gasteiger partial charge in [0, 0.05) is 32.7 Å². The number of nitrogens with zero attached hydrogens (tertiary/aromatic N) is 2. The lowest BCUT2D eigenvalue weighted by Gasteiger charge is -2.36. The Morgan fingerprint density at radius 1 is 1.12 bits per heavy atom. The van der Waals surface area contributed by atoms with Crippen LogP contribution in [0.15, 0.2) is 24.3 Å². The summed E-state index contributed by atoms with van der Waals surface area (Å²) in [5, 5.41) is 2.85. The molecule has 3 rings (SSSR count). The van der Waals surface area contributed by atoms with Crippen molar-refractivity contribution in [2.45, 2.75) is 19.4 Å². The zero-order valence-corrected chi connectivity index (χ0v) is 14.2. The summed E-state index contributed by atoms with van der Waals surface area (Å²) in [4.78, 5) is 28.5. The molecule has 1 atom stereocenters. The number of carbonyl (C=O) groups excluding carboxylic acids is 2. The first kappa shape index (κ1) is 17.7. The number of piperidine rings is 1. The molecule has 2 aliphatic heterocycles. The zero-order valence-electron chi connectivity index (χ0n) is 14.2. The van der Waals surface area contributed by atoms with Crippen LogP contribution >= 0.6 is 0 Å². The number of nitrogens with one attached hydrogen (secondary N) is 1. The van der Waals surface area contributed by atoms with Crippen LogP contribution < -0.4 is 5.32 Å². The molecular formula is C18H24FN3O3. The third kappa shape index (κ3) is 4.69. The molecule has 0 saturated carbocycles. The van der Waals surface area contributed by atoms with Crippen LogP contribution in [0, 0.1) is 11.7 Å². The molecule has 25 heavy (non-hydrogen) atoms. The fourth-order valence-electron chi connectivity index (χ4n) is 3.30. The van der Waals surface area contributed by atoms with Gasteiger partial charge >= 0.3 is 6.03 Å². The van der Waals surface area contributed by atoms with Crippen LogP contribution in [0.3, 0.4) is 0 Å². The van der Waals surface area contributed by atoms with Gasteiger partial charge in [-0.25, -0.2) is 9.18 Å². The van der Waals surface area contributed by atoms with Gasteiger partial charge in [0.05, 0.1) is 19.1 Å². The van der Waals surface area contributed by atoms with Crippen molar-refractivity contribution >= 4 is 11.9 Å². The highest BCUT2D eigenvalue weighted by Gasteiger charge is 2.31. The summed E-state index contributed by atoms with van der Waals surface area (Å²) in [5.74, 6) is -0.307. The molecule has 6 nitrogen and oxygen atoms in total. The molecule has 0 aromatic heterocycles. The van der Waals surface area contributed by atoms with Crippen molar-refractivity contribution in [3.8, 4) is 0 Å². The summed E-state index contributed by atoms with van der Waals surface area (Å²) in [6.07, 6.45) is 1.64. The van der Waals surface area contributed by atoms with Gasteiger partial charge in [0.1, 0.15) is 5.82 Å². The van der Waals surface area contributed by atoms with Crippen molar-refractivity contribution in [2.75, 3.05) is 39.4 Å². The predicted molar refractivity (Wildman–Crippen MR) is 90.3 cm³/mol. The second-order valence-corrected chi connectivity index (χ2v) is 6.51. The Hall–Kier alpha value is -2.15. The molecule has 1 aromatic carbocycles. The number of hydrogen-bond acceptors (Lipinski definition) is 3. The Morgan fingerprint density at radius 3 is 2.56 bits per heavy atom. The molecule has 0 bridgehead atoms. The number of rotatable bonds is 3. The van der Waals surface area contributed by atoms with E-state index in [0.29, 0.717) is 45.9 Å². The van der Waals surface area contributed by atoms with E-state index in [1.54, 1.807) is 17.0 Å². The van der Waals surface area contributed by atoms with Crippen molar-refractivity contribution in [1.82, 2.24) is 15.1 Å². The molecule has 3 amide bonds. The largest absolute Gasteiger partial charge is 0.378 e. The molecule has 136 valence electrons. The Labute approximate surface area is 146 Å². The maximum atomic E-state index is 12.9. The molecule has 1 aromatic rings. The first-order valence-corrected chi connectivity index (χ1v) is 8.77. The number of benzene rings is 1. The minimum absolute atomic E-state index is 0.124. The summed E-state index contributed by atoms with van der Waals surface area (Å²) in [6, 6.07) is 5.87. The van der Waals surface area contributed by atoms with E-state index in [-0.39, 0.29) is 23.7 Å². The van der Waals surface area contributed by atoms with Crippen LogP contribution in [0.2, 0.25) is 0 Å². The highest BCUT2D eigenvalue weighted by molar-refractivity contribution is 5.81. The Morgan fingerprint density at radius 2 is 1.84 bits per heavy atom. The Balaban J connectivity index is 1.50. The number of halogens is 1. The van der Waals surface area contributed by atoms with Gasteiger partial charge in [-0.05, 0) is 30.5 Å². The number of ether oxygens (including phenoxy) is 1. The number of morpholine rings is 1. The van der Waals surface area contributed by atoms with E-state index in [1.165, 1.54) is 12.1 Å². The summed E-state index contributed by atoms with van der Waals surface area (Å²) in [7, 11) is 0. The van der Waals surface area contributed by atoms with E-state index in [2.05, 4.69) is 5.32 Å². The summed E-state index contributed by atoms with van der Waals surface area (Å²) in [5.41, 5.74) is 0.840. The minimum atomic E-state index is -0.296. The van der Waals surface area contributed by atoms with Gasteiger partial charge in [-0.1, -0.05) is 12.1 Å². The average molecular weight is 349 g/mol. The van der Waals surface area contributed by atoms with Gasteiger partial charge in [-0.3, -0.25) is 4.79 Å². The highest BCUT2D eigenvalue weighted by atomic mass is 19.1. The number of likely N-dealkylation sites (tertiary alicyclic amines) is 1. The molecule has 0 radical (unpaired) electrons. The molecule has 2 saturated heterocycles. The van der Waals surface area contributed by atoms with Crippen molar-refractivity contribution in [3.63, 3.8) is 0 Å². The van der Waals surface area contributed by atoms with Crippen LogP contribution in [0.5, 0.6) is 0 Å². The maximum Gasteiger partial charge on any atom is 0.317 e. The number of urea groups is 1. The highest BCUT2D eigenvalue weighted by Crippen LogP contribution is 2.19. The third-order valence-electron chi connectivity index (χ3n) is 4.74. The van der Waals surface area contributed by atoms with Crippen LogP contribution in [0.1, 0.15) is 18.4 Å². The lowest BCUT2D eigenvalue weighted by atomic mass is 9.96. The van der Waals surface area contributed by atoms with E-state index in [9.17, 15) is 14.0 Å². The number of amides is 3. The van der Waals surface area contributed by atoms with Gasteiger partial charge in [0.25, 0.3) is 0 Å². The molecule has 2 heterocycles. The van der Waals surface area contributed by atoms with Crippen LogP contribution in [0.25, 0.3) is 0 Å². The van der Waals surface area contributed by atoms with Crippen LogP contribution in [0.4, 0.5) is 9.18 Å². The standard InChI is InChI=1S/C18H24FN3O3/c19-16-5-3-14(4-6-16)12-20-18(24)22-7-1-2-15(13-22)17(23)21-8-10-25-11-9-21/h3-6,15H,1-2,7-13H2,(H,20,24)/t15-/m0/s1. The lowest BCUT2D eigenvalue weighted by molar-refractivity contribution is -0.141. The summed E-state index contributed by atoms with van der Waals surface area (Å²) < 4.78 is 18.2. The minimum Gasteiger partial charge on any atom is -0.378 e. The van der Waals surface area contributed by atoms with Gasteiger partial charge in [-0.15, -0.1) is 0 Å². The number of carbonyl (C=O) groups is 2. The quantitative estimate of drug-likeness (QED) is 0.902. The maximum absolute atomic E-state index is 12.9. The third-order valence-corrected chi connectivity index (χ3v) is 4.74. The van der Waals surface area contributed by atoms with Crippen molar-refractivity contribution in [1.29, 1.82) is 0 Å². The average Bonchev–Trinajstić information content (AvgIpc) is 2.67. The second kappa shape index (κ2) is 8.29. The zero-order chi connectivity index (χ0) is 17.6. The summed E-state index contributed by atoms with van der Waals surface area (Å²) >= 11 is 0. The predicted octanol–water partition coefficient (Wildman–Crippen LogP) is 1.61. The van der Waals surface area contributed by atoms with Gasteiger partial charge in [-0.2, -0.15) is 0 Å². The van der Waals surface area contributed by atoms with E-state index < -0.39 is 0 Å². The van der Waals surface area contributed by atoms with E-state index in [1.807, 2.05) is 4.90 Å². The second-order valence-electron chi connectivity index (χ2n) is 6.51. The van der Waals surface area contributed by atoms with E-state index >= 15 is 0 Å². The molecule has 0 aliphatic carbocycles. The molecule has 1 N–H and O–H groups in total. The smallest absolute Gasteiger partial charge is 0.317 e. The molecule has 2 fully saturated rings. The van der Waals surface area contributed by atoms with Crippen molar-refractivity contribution < 1.29 is 18.7 Å². The SMILES string of the molecule is O=C(NCc1ccc(F)cc1)N1CCC[C@H](C(=O)N2CCOCC2)C1. The van der Waals surface area contributed by atoms with Gasteiger partial charge in [0.2, 0.25) is 5.91 Å². The lowest BCUT2D eigenvalue weighted by Crippen LogP contribution is -2.51. The fourth-order valence-corrected chi connectivity index (χ4v) is 3.30. The fraction of sp³-hybridized carbons (Fsp3) is 0.556. The first-order chi connectivity index (χ1) is 12.1. The first-order valence-electron chi connectivity index (χ1n) is 8.77. The molecule has 7 heteroatoms. The van der Waals surface area contributed by atoms with Crippen molar-refractivity contribution in [2.24, 2.45) is 5.92 Å². The Bertz CT molecular complexity index is 602. The topological polar surface area (TPSA) is 61.9 Å². The Kier molecular flexibility index (Phi) is 5.86. The van der Waals surface area contributed by atoms with Gasteiger partial charge in [0.15, 0.2) is 0 Å². The summed E-state index contributed by atoms with van der Waals surface area (Å²) in [6.45, 7) is 3.88. The van der Waals surface area contributed by atoms with Crippen LogP contribution in [-0.2, 0) is 16.1 Å². The van der Waals surface area contributed by atoms with Crippen LogP contribution in [-0.4, -0.2) is 61.1 Å². The van der Waals surface area contributed by atoms with Crippen molar-refractivity contribution in [3.05, 3.63) is 35.6 Å².